The minimum absolute atomic E-state index is 0.191. The van der Waals surface area contributed by atoms with Gasteiger partial charge in [-0.3, -0.25) is 9.38 Å². The quantitative estimate of drug-likeness (QED) is 0.576. The van der Waals surface area contributed by atoms with E-state index in [1.165, 1.54) is 0 Å². The van der Waals surface area contributed by atoms with Gasteiger partial charge < -0.3 is 15.2 Å². The molecule has 26 heavy (non-hydrogen) atoms. The highest BCUT2D eigenvalue weighted by atomic mass is 16.5. The van der Waals surface area contributed by atoms with Crippen molar-refractivity contribution in [3.8, 4) is 22.8 Å². The number of phenolic OH excluding ortho intramolecular Hbond substituents is 1. The van der Waals surface area contributed by atoms with E-state index in [1.807, 2.05) is 47.0 Å². The van der Waals surface area contributed by atoms with Gasteiger partial charge in [0.15, 0.2) is 5.65 Å². The molecule has 0 fully saturated rings. The van der Waals surface area contributed by atoms with Gasteiger partial charge in [0.1, 0.15) is 23.0 Å². The van der Waals surface area contributed by atoms with Crippen LogP contribution < -0.4 is 10.1 Å². The van der Waals surface area contributed by atoms with E-state index in [0.717, 1.165) is 17.1 Å². The zero-order valence-electron chi connectivity index (χ0n) is 14.3. The Morgan fingerprint density at radius 2 is 1.92 bits per heavy atom. The van der Waals surface area contributed by atoms with Gasteiger partial charge >= 0.3 is 0 Å². The molecule has 0 saturated heterocycles. The molecule has 0 radical (unpaired) electrons. The van der Waals surface area contributed by atoms with Gasteiger partial charge in [0.2, 0.25) is 0 Å². The summed E-state index contributed by atoms with van der Waals surface area (Å²) in [5.74, 6) is 1.82. The van der Waals surface area contributed by atoms with Crippen LogP contribution in [0.2, 0.25) is 0 Å². The van der Waals surface area contributed by atoms with Crippen LogP contribution in [0, 0.1) is 0 Å². The lowest BCUT2D eigenvalue weighted by atomic mass is 10.1. The first-order chi connectivity index (χ1) is 12.8. The third kappa shape index (κ3) is 2.93. The summed E-state index contributed by atoms with van der Waals surface area (Å²) in [5, 5.41) is 13.7. The van der Waals surface area contributed by atoms with E-state index >= 15 is 0 Å². The number of ether oxygens (including phenoxy) is 1. The Bertz CT molecular complexity index is 1040. The largest absolute Gasteiger partial charge is 0.507 e. The van der Waals surface area contributed by atoms with E-state index in [2.05, 4.69) is 15.3 Å². The SMILES string of the molecule is COc1ccc(CNc2c(-c3ccccc3O)nc3cnccn23)cc1. The molecule has 0 saturated carbocycles. The van der Waals surface area contributed by atoms with E-state index in [-0.39, 0.29) is 5.75 Å². The van der Waals surface area contributed by atoms with Crippen LogP contribution in [0.1, 0.15) is 5.56 Å². The van der Waals surface area contributed by atoms with Crippen molar-refractivity contribution in [1.82, 2.24) is 14.4 Å². The van der Waals surface area contributed by atoms with Crippen LogP contribution in [0.4, 0.5) is 5.82 Å². The van der Waals surface area contributed by atoms with Crippen LogP contribution in [-0.4, -0.2) is 26.6 Å². The predicted octanol–water partition coefficient (Wildman–Crippen LogP) is 3.72. The lowest BCUT2D eigenvalue weighted by Crippen LogP contribution is -2.03. The highest BCUT2D eigenvalue weighted by Gasteiger charge is 2.16. The van der Waals surface area contributed by atoms with Crippen molar-refractivity contribution in [1.29, 1.82) is 0 Å². The number of rotatable bonds is 5. The molecule has 0 unspecified atom stereocenters. The Balaban J connectivity index is 1.73. The predicted molar refractivity (Wildman–Crippen MR) is 100 cm³/mol. The van der Waals surface area contributed by atoms with Crippen LogP contribution in [0.3, 0.4) is 0 Å². The van der Waals surface area contributed by atoms with Crippen molar-refractivity contribution in [2.45, 2.75) is 6.54 Å². The lowest BCUT2D eigenvalue weighted by molar-refractivity contribution is 0.414. The van der Waals surface area contributed by atoms with E-state index in [9.17, 15) is 5.11 Å². The van der Waals surface area contributed by atoms with Crippen LogP contribution in [-0.2, 0) is 6.54 Å². The number of hydrogen-bond donors (Lipinski definition) is 2. The summed E-state index contributed by atoms with van der Waals surface area (Å²) in [4.78, 5) is 8.77. The van der Waals surface area contributed by atoms with Gasteiger partial charge in [-0.15, -0.1) is 0 Å². The average Bonchev–Trinajstić information content (AvgIpc) is 3.05. The summed E-state index contributed by atoms with van der Waals surface area (Å²) < 4.78 is 7.13. The number of methoxy groups -OCH3 is 1. The second kappa shape index (κ2) is 6.76. The summed E-state index contributed by atoms with van der Waals surface area (Å²) >= 11 is 0. The summed E-state index contributed by atoms with van der Waals surface area (Å²) in [6.07, 6.45) is 5.26. The second-order valence-electron chi connectivity index (χ2n) is 5.83. The van der Waals surface area contributed by atoms with Gasteiger partial charge in [-0.1, -0.05) is 24.3 Å². The van der Waals surface area contributed by atoms with Crippen LogP contribution >= 0.6 is 0 Å². The normalized spacial score (nSPS) is 10.8. The first kappa shape index (κ1) is 16.0. The number of phenols is 1. The fourth-order valence-corrected chi connectivity index (χ4v) is 2.87. The van der Waals surface area contributed by atoms with Crippen molar-refractivity contribution in [3.05, 3.63) is 72.7 Å². The molecule has 2 heterocycles. The average molecular weight is 346 g/mol. The number of nitrogens with zero attached hydrogens (tertiary/aromatic N) is 3. The molecular formula is C20H18N4O2. The minimum atomic E-state index is 0.191. The fraction of sp³-hybridized carbons (Fsp3) is 0.100. The molecule has 2 aromatic carbocycles. The van der Waals surface area contributed by atoms with E-state index in [0.29, 0.717) is 23.4 Å². The number of hydrogen-bond acceptors (Lipinski definition) is 5. The molecule has 0 amide bonds. The molecule has 4 rings (SSSR count). The van der Waals surface area contributed by atoms with Gasteiger partial charge in [0.05, 0.1) is 13.3 Å². The Morgan fingerprint density at radius 1 is 1.12 bits per heavy atom. The summed E-state index contributed by atoms with van der Waals surface area (Å²) in [6.45, 7) is 0.612. The molecule has 2 aromatic heterocycles. The first-order valence-corrected chi connectivity index (χ1v) is 8.23. The minimum Gasteiger partial charge on any atom is -0.507 e. The third-order valence-electron chi connectivity index (χ3n) is 4.21. The number of para-hydroxylation sites is 1. The molecule has 4 aromatic rings. The molecule has 6 nitrogen and oxygen atoms in total. The maximum Gasteiger partial charge on any atom is 0.157 e. The van der Waals surface area contributed by atoms with E-state index in [1.54, 1.807) is 31.6 Å². The molecule has 2 N–H and O–H groups in total. The Kier molecular flexibility index (Phi) is 4.15. The molecule has 0 aliphatic rings. The Hall–Kier alpha value is -3.54. The summed E-state index contributed by atoms with van der Waals surface area (Å²) in [5.41, 5.74) is 3.18. The standard InChI is InChI=1S/C20H18N4O2/c1-26-15-8-6-14(7-9-15)12-22-20-19(16-4-2-3-5-17(16)25)23-18-13-21-10-11-24(18)20/h2-11,13,22,25H,12H2,1H3. The first-order valence-electron chi connectivity index (χ1n) is 8.23. The van der Waals surface area contributed by atoms with Gasteiger partial charge in [-0.05, 0) is 29.8 Å². The Labute approximate surface area is 150 Å². The number of anilines is 1. The maximum atomic E-state index is 10.2. The molecule has 0 atom stereocenters. The molecule has 0 spiro atoms. The number of fused-ring (bicyclic) bond motifs is 1. The smallest absolute Gasteiger partial charge is 0.157 e. The summed E-state index contributed by atoms with van der Waals surface area (Å²) in [6, 6.07) is 15.1. The second-order valence-corrected chi connectivity index (χ2v) is 5.83. The molecule has 130 valence electrons. The highest BCUT2D eigenvalue weighted by molar-refractivity contribution is 5.79. The van der Waals surface area contributed by atoms with Crippen LogP contribution in [0.5, 0.6) is 11.5 Å². The lowest BCUT2D eigenvalue weighted by Gasteiger charge is -2.10. The molecule has 0 bridgehead atoms. The van der Waals surface area contributed by atoms with Crippen LogP contribution in [0.25, 0.3) is 16.9 Å². The maximum absolute atomic E-state index is 10.2. The molecule has 6 heteroatoms. The van der Waals surface area contributed by atoms with E-state index < -0.39 is 0 Å². The number of imidazole rings is 1. The molecule has 0 aliphatic carbocycles. The number of benzene rings is 2. The van der Waals surface area contributed by atoms with E-state index in [4.69, 9.17) is 4.74 Å². The highest BCUT2D eigenvalue weighted by Crippen LogP contribution is 2.34. The monoisotopic (exact) mass is 346 g/mol. The van der Waals surface area contributed by atoms with Crippen molar-refractivity contribution >= 4 is 11.5 Å². The van der Waals surface area contributed by atoms with Gasteiger partial charge in [-0.2, -0.15) is 0 Å². The van der Waals surface area contributed by atoms with Gasteiger partial charge in [-0.25, -0.2) is 4.98 Å². The number of aromatic hydroxyl groups is 1. The Morgan fingerprint density at radius 3 is 2.69 bits per heavy atom. The van der Waals surface area contributed by atoms with Gasteiger partial charge in [0, 0.05) is 24.5 Å². The zero-order valence-corrected chi connectivity index (χ0v) is 14.3. The number of nitrogens with one attached hydrogen (secondary N) is 1. The van der Waals surface area contributed by atoms with Crippen molar-refractivity contribution < 1.29 is 9.84 Å². The van der Waals surface area contributed by atoms with Crippen molar-refractivity contribution in [2.75, 3.05) is 12.4 Å². The zero-order chi connectivity index (χ0) is 17.9. The molecule has 0 aliphatic heterocycles. The molecular weight excluding hydrogens is 328 g/mol. The third-order valence-corrected chi connectivity index (χ3v) is 4.21. The fourth-order valence-electron chi connectivity index (χ4n) is 2.87. The van der Waals surface area contributed by atoms with Crippen molar-refractivity contribution in [3.63, 3.8) is 0 Å². The summed E-state index contributed by atoms with van der Waals surface area (Å²) in [7, 11) is 1.65. The van der Waals surface area contributed by atoms with Gasteiger partial charge in [0.25, 0.3) is 0 Å². The van der Waals surface area contributed by atoms with Crippen molar-refractivity contribution in [2.24, 2.45) is 0 Å². The number of aromatic nitrogens is 3. The van der Waals surface area contributed by atoms with Crippen LogP contribution in [0.15, 0.2) is 67.1 Å². The topological polar surface area (TPSA) is 71.7 Å².